The van der Waals surface area contributed by atoms with E-state index in [1.165, 1.54) is 0 Å². The fourth-order valence-corrected chi connectivity index (χ4v) is 1.69. The van der Waals surface area contributed by atoms with Gasteiger partial charge in [-0.25, -0.2) is 4.79 Å². The standard InChI is InChI=1S/C11H10O3/c12-10-8-4-2-1-3-7(8)5-6-9(10)11(13)14/h1-4,6,10,12H,5H2,(H,13,14)/t10-/m1/s1. The third kappa shape index (κ3) is 1.32. The first-order valence-corrected chi connectivity index (χ1v) is 4.39. The zero-order valence-corrected chi connectivity index (χ0v) is 7.47. The lowest BCUT2D eigenvalue weighted by molar-refractivity contribution is -0.133. The summed E-state index contributed by atoms with van der Waals surface area (Å²) >= 11 is 0. The van der Waals surface area contributed by atoms with Gasteiger partial charge in [0.2, 0.25) is 0 Å². The number of carbonyl (C=O) groups is 1. The Bertz CT molecular complexity index is 407. The maximum atomic E-state index is 10.7. The lowest BCUT2D eigenvalue weighted by Crippen LogP contribution is -2.16. The average Bonchev–Trinajstić information content (AvgIpc) is 2.18. The van der Waals surface area contributed by atoms with Gasteiger partial charge in [-0.2, -0.15) is 0 Å². The van der Waals surface area contributed by atoms with Crippen molar-refractivity contribution in [2.45, 2.75) is 12.5 Å². The second kappa shape index (κ2) is 3.27. The molecule has 1 aliphatic carbocycles. The third-order valence-corrected chi connectivity index (χ3v) is 2.43. The van der Waals surface area contributed by atoms with E-state index in [2.05, 4.69) is 0 Å². The summed E-state index contributed by atoms with van der Waals surface area (Å²) < 4.78 is 0. The summed E-state index contributed by atoms with van der Waals surface area (Å²) in [5.41, 5.74) is 1.76. The minimum atomic E-state index is -1.05. The SMILES string of the molecule is O=C(O)C1=CCc2ccccc2[C@H]1O. The summed E-state index contributed by atoms with van der Waals surface area (Å²) in [4.78, 5) is 10.7. The molecule has 0 bridgehead atoms. The van der Waals surface area contributed by atoms with Crippen molar-refractivity contribution in [1.29, 1.82) is 0 Å². The van der Waals surface area contributed by atoms with Crippen LogP contribution in [-0.2, 0) is 11.2 Å². The van der Waals surface area contributed by atoms with Crippen LogP contribution in [0.2, 0.25) is 0 Å². The molecule has 72 valence electrons. The molecule has 1 atom stereocenters. The van der Waals surface area contributed by atoms with Gasteiger partial charge in [0.25, 0.3) is 0 Å². The Balaban J connectivity index is 2.44. The first-order valence-electron chi connectivity index (χ1n) is 4.39. The molecule has 1 aliphatic rings. The number of benzene rings is 1. The maximum absolute atomic E-state index is 10.7. The van der Waals surface area contributed by atoms with Crippen molar-refractivity contribution in [3.05, 3.63) is 47.0 Å². The van der Waals surface area contributed by atoms with E-state index >= 15 is 0 Å². The van der Waals surface area contributed by atoms with Crippen LogP contribution in [0, 0.1) is 0 Å². The molecule has 0 radical (unpaired) electrons. The molecule has 0 aliphatic heterocycles. The van der Waals surface area contributed by atoms with Crippen molar-refractivity contribution in [3.8, 4) is 0 Å². The van der Waals surface area contributed by atoms with E-state index in [0.29, 0.717) is 12.0 Å². The molecule has 0 amide bonds. The second-order valence-electron chi connectivity index (χ2n) is 3.27. The van der Waals surface area contributed by atoms with Gasteiger partial charge in [0.05, 0.1) is 5.57 Å². The third-order valence-electron chi connectivity index (χ3n) is 2.43. The molecule has 0 spiro atoms. The number of rotatable bonds is 1. The van der Waals surface area contributed by atoms with E-state index in [4.69, 9.17) is 5.11 Å². The highest BCUT2D eigenvalue weighted by Gasteiger charge is 2.24. The Morgan fingerprint density at radius 2 is 2.07 bits per heavy atom. The molecule has 2 N–H and O–H groups in total. The average molecular weight is 190 g/mol. The molecule has 1 aromatic rings. The molecule has 0 unspecified atom stereocenters. The number of aliphatic hydroxyl groups excluding tert-OH is 1. The fraction of sp³-hybridized carbons (Fsp3) is 0.182. The fourth-order valence-electron chi connectivity index (χ4n) is 1.69. The molecule has 0 heterocycles. The van der Waals surface area contributed by atoms with Crippen molar-refractivity contribution in [2.24, 2.45) is 0 Å². The zero-order valence-electron chi connectivity index (χ0n) is 7.47. The smallest absolute Gasteiger partial charge is 0.334 e. The van der Waals surface area contributed by atoms with E-state index in [-0.39, 0.29) is 5.57 Å². The van der Waals surface area contributed by atoms with Crippen molar-refractivity contribution in [2.75, 3.05) is 0 Å². The highest BCUT2D eigenvalue weighted by Crippen LogP contribution is 2.29. The molecule has 3 heteroatoms. The molecule has 3 nitrogen and oxygen atoms in total. The molecule has 0 fully saturated rings. The van der Waals surface area contributed by atoms with E-state index < -0.39 is 12.1 Å². The topological polar surface area (TPSA) is 57.5 Å². The van der Waals surface area contributed by atoms with Gasteiger partial charge < -0.3 is 10.2 Å². The summed E-state index contributed by atoms with van der Waals surface area (Å²) in [6, 6.07) is 7.33. The number of fused-ring (bicyclic) bond motifs is 1. The van der Waals surface area contributed by atoms with Crippen LogP contribution in [0.3, 0.4) is 0 Å². The van der Waals surface area contributed by atoms with E-state index in [0.717, 1.165) is 5.56 Å². The number of aliphatic carboxylic acids is 1. The molecular formula is C11H10O3. The Morgan fingerprint density at radius 3 is 2.79 bits per heavy atom. The number of hydrogen-bond acceptors (Lipinski definition) is 2. The van der Waals surface area contributed by atoms with Crippen LogP contribution >= 0.6 is 0 Å². The van der Waals surface area contributed by atoms with Crippen LogP contribution in [0.5, 0.6) is 0 Å². The quantitative estimate of drug-likeness (QED) is 0.701. The minimum absolute atomic E-state index is 0.0729. The van der Waals surface area contributed by atoms with E-state index in [9.17, 15) is 9.90 Å². The molecule has 0 aromatic heterocycles. The Kier molecular flexibility index (Phi) is 2.09. The zero-order chi connectivity index (χ0) is 10.1. The van der Waals surface area contributed by atoms with Crippen LogP contribution in [0.4, 0.5) is 0 Å². The summed E-state index contributed by atoms with van der Waals surface area (Å²) in [5.74, 6) is -1.05. The number of aliphatic hydroxyl groups is 1. The summed E-state index contributed by atoms with van der Waals surface area (Å²) in [6.07, 6.45) is 1.15. The van der Waals surface area contributed by atoms with Gasteiger partial charge in [0, 0.05) is 0 Å². The maximum Gasteiger partial charge on any atom is 0.334 e. The molecule has 1 aromatic carbocycles. The van der Waals surface area contributed by atoms with Crippen molar-refractivity contribution < 1.29 is 15.0 Å². The summed E-state index contributed by atoms with van der Waals surface area (Å²) in [6.45, 7) is 0. The molecular weight excluding hydrogens is 180 g/mol. The number of allylic oxidation sites excluding steroid dienone is 1. The van der Waals surface area contributed by atoms with Crippen molar-refractivity contribution in [1.82, 2.24) is 0 Å². The normalized spacial score (nSPS) is 19.8. The highest BCUT2D eigenvalue weighted by molar-refractivity contribution is 5.88. The number of carboxylic acid groups (broad SMARTS) is 1. The van der Waals surface area contributed by atoms with Gasteiger partial charge >= 0.3 is 5.97 Å². The van der Waals surface area contributed by atoms with Crippen LogP contribution in [-0.4, -0.2) is 16.2 Å². The minimum Gasteiger partial charge on any atom is -0.478 e. The second-order valence-corrected chi connectivity index (χ2v) is 3.27. The number of carboxylic acids is 1. The molecule has 0 saturated carbocycles. The van der Waals surface area contributed by atoms with Gasteiger partial charge in [-0.1, -0.05) is 30.3 Å². The van der Waals surface area contributed by atoms with E-state index in [1.54, 1.807) is 18.2 Å². The van der Waals surface area contributed by atoms with Gasteiger partial charge in [-0.3, -0.25) is 0 Å². The monoisotopic (exact) mass is 190 g/mol. The molecule has 14 heavy (non-hydrogen) atoms. The van der Waals surface area contributed by atoms with Gasteiger partial charge in [0.15, 0.2) is 0 Å². The Labute approximate surface area is 81.3 Å². The Hall–Kier alpha value is -1.61. The van der Waals surface area contributed by atoms with Crippen molar-refractivity contribution >= 4 is 5.97 Å². The van der Waals surface area contributed by atoms with Gasteiger partial charge in [0.1, 0.15) is 6.10 Å². The molecule has 2 rings (SSSR count). The summed E-state index contributed by atoms with van der Waals surface area (Å²) in [7, 11) is 0. The first-order chi connectivity index (χ1) is 6.70. The van der Waals surface area contributed by atoms with Crippen LogP contribution in [0.1, 0.15) is 17.2 Å². The first kappa shape index (κ1) is 8.97. The summed E-state index contributed by atoms with van der Waals surface area (Å²) in [5, 5.41) is 18.5. The van der Waals surface area contributed by atoms with Crippen molar-refractivity contribution in [3.63, 3.8) is 0 Å². The van der Waals surface area contributed by atoms with Crippen LogP contribution < -0.4 is 0 Å². The van der Waals surface area contributed by atoms with Crippen LogP contribution in [0.25, 0.3) is 0 Å². The Morgan fingerprint density at radius 1 is 1.36 bits per heavy atom. The van der Waals surface area contributed by atoms with Crippen LogP contribution in [0.15, 0.2) is 35.9 Å². The predicted molar refractivity (Wildman–Crippen MR) is 50.8 cm³/mol. The van der Waals surface area contributed by atoms with E-state index in [1.807, 2.05) is 12.1 Å². The lowest BCUT2D eigenvalue weighted by atomic mass is 9.89. The largest absolute Gasteiger partial charge is 0.478 e. The predicted octanol–water partition coefficient (Wildman–Crippen LogP) is 1.29. The molecule has 0 saturated heterocycles. The lowest BCUT2D eigenvalue weighted by Gasteiger charge is -2.20. The van der Waals surface area contributed by atoms with Gasteiger partial charge in [-0.15, -0.1) is 0 Å². The number of hydrogen-bond donors (Lipinski definition) is 2. The highest BCUT2D eigenvalue weighted by atomic mass is 16.4. The van der Waals surface area contributed by atoms with Gasteiger partial charge in [-0.05, 0) is 17.5 Å².